The summed E-state index contributed by atoms with van der Waals surface area (Å²) in [6, 6.07) is 10.5. The number of nitrogens with two attached hydrogens (primary N) is 1. The lowest BCUT2D eigenvalue weighted by Crippen LogP contribution is -1.96. The van der Waals surface area contributed by atoms with E-state index in [1.54, 1.807) is 12.1 Å². The van der Waals surface area contributed by atoms with Crippen molar-refractivity contribution in [3.05, 3.63) is 65.2 Å². The quantitative estimate of drug-likeness (QED) is 0.771. The molecular weight excluding hydrogens is 208 g/mol. The van der Waals surface area contributed by atoms with Crippen LogP contribution in [0.25, 0.3) is 0 Å². The van der Waals surface area contributed by atoms with Crippen LogP contribution < -0.4 is 5.73 Å². The van der Waals surface area contributed by atoms with Gasteiger partial charge in [-0.25, -0.2) is 8.78 Å². The molecule has 0 aliphatic rings. The Morgan fingerprint density at radius 1 is 0.938 bits per heavy atom. The standard InChI is InChI=1S/C13H11F2N/c14-11-3-1-2-9(7-11)6-10-4-5-12(15)8-13(10)16/h1-5,7-8H,6,16H2. The molecule has 0 atom stereocenters. The van der Waals surface area contributed by atoms with Gasteiger partial charge >= 0.3 is 0 Å². The molecule has 0 aromatic heterocycles. The lowest BCUT2D eigenvalue weighted by molar-refractivity contribution is 0.625. The van der Waals surface area contributed by atoms with Crippen LogP contribution in [0.3, 0.4) is 0 Å². The maximum Gasteiger partial charge on any atom is 0.125 e. The van der Waals surface area contributed by atoms with E-state index in [0.717, 1.165) is 11.1 Å². The maximum absolute atomic E-state index is 12.9. The van der Waals surface area contributed by atoms with E-state index >= 15 is 0 Å². The van der Waals surface area contributed by atoms with Gasteiger partial charge < -0.3 is 5.73 Å². The molecular formula is C13H11F2N. The van der Waals surface area contributed by atoms with Gasteiger partial charge in [-0.15, -0.1) is 0 Å². The van der Waals surface area contributed by atoms with Crippen LogP contribution in [0.5, 0.6) is 0 Å². The van der Waals surface area contributed by atoms with Crippen molar-refractivity contribution in [1.29, 1.82) is 0 Å². The van der Waals surface area contributed by atoms with Crippen LogP contribution in [-0.4, -0.2) is 0 Å². The molecule has 2 N–H and O–H groups in total. The predicted molar refractivity (Wildman–Crippen MR) is 60.0 cm³/mol. The summed E-state index contributed by atoms with van der Waals surface area (Å²) in [6.07, 6.45) is 0.504. The third-order valence-electron chi connectivity index (χ3n) is 2.39. The van der Waals surface area contributed by atoms with Crippen LogP contribution in [0.2, 0.25) is 0 Å². The summed E-state index contributed by atoms with van der Waals surface area (Å²) < 4.78 is 25.8. The molecule has 0 spiro atoms. The third kappa shape index (κ3) is 2.37. The number of halogens is 2. The van der Waals surface area contributed by atoms with Crippen molar-refractivity contribution in [2.75, 3.05) is 5.73 Å². The summed E-state index contributed by atoms with van der Waals surface area (Å²) in [5.74, 6) is -0.640. The molecule has 0 saturated carbocycles. The van der Waals surface area contributed by atoms with Gasteiger partial charge in [-0.2, -0.15) is 0 Å². The van der Waals surface area contributed by atoms with Gasteiger partial charge in [-0.05, 0) is 41.8 Å². The zero-order valence-corrected chi connectivity index (χ0v) is 8.58. The highest BCUT2D eigenvalue weighted by Crippen LogP contribution is 2.18. The molecule has 0 unspecified atom stereocenters. The van der Waals surface area contributed by atoms with Gasteiger partial charge in [0.15, 0.2) is 0 Å². The normalized spacial score (nSPS) is 10.4. The Kier molecular flexibility index (Phi) is 2.86. The van der Waals surface area contributed by atoms with Gasteiger partial charge in [0.25, 0.3) is 0 Å². The van der Waals surface area contributed by atoms with E-state index in [-0.39, 0.29) is 11.6 Å². The van der Waals surface area contributed by atoms with Crippen molar-refractivity contribution in [1.82, 2.24) is 0 Å². The fraction of sp³-hybridized carbons (Fsp3) is 0.0769. The first-order chi connectivity index (χ1) is 7.65. The number of hydrogen-bond acceptors (Lipinski definition) is 1. The molecule has 0 aliphatic carbocycles. The second-order valence-electron chi connectivity index (χ2n) is 3.65. The van der Waals surface area contributed by atoms with E-state index in [4.69, 9.17) is 5.73 Å². The van der Waals surface area contributed by atoms with Gasteiger partial charge in [-0.1, -0.05) is 18.2 Å². The Bertz CT molecular complexity index is 509. The molecule has 0 aliphatic heterocycles. The van der Waals surface area contributed by atoms with Crippen LogP contribution in [0.4, 0.5) is 14.5 Å². The molecule has 16 heavy (non-hydrogen) atoms. The Morgan fingerprint density at radius 3 is 2.38 bits per heavy atom. The Balaban J connectivity index is 2.27. The van der Waals surface area contributed by atoms with Crippen molar-refractivity contribution < 1.29 is 8.78 Å². The van der Waals surface area contributed by atoms with Gasteiger partial charge in [0, 0.05) is 5.69 Å². The highest BCUT2D eigenvalue weighted by molar-refractivity contribution is 5.48. The molecule has 1 nitrogen and oxygen atoms in total. The monoisotopic (exact) mass is 219 g/mol. The predicted octanol–water partition coefficient (Wildman–Crippen LogP) is 3.14. The van der Waals surface area contributed by atoms with Crippen molar-refractivity contribution >= 4 is 5.69 Å². The maximum atomic E-state index is 12.9. The highest BCUT2D eigenvalue weighted by atomic mass is 19.1. The van der Waals surface area contributed by atoms with Crippen molar-refractivity contribution in [2.24, 2.45) is 0 Å². The molecule has 2 aromatic carbocycles. The van der Waals surface area contributed by atoms with Crippen LogP contribution in [-0.2, 0) is 6.42 Å². The average molecular weight is 219 g/mol. The number of hydrogen-bond donors (Lipinski definition) is 1. The molecule has 0 fully saturated rings. The molecule has 2 aromatic rings. The van der Waals surface area contributed by atoms with E-state index in [1.807, 2.05) is 6.07 Å². The lowest BCUT2D eigenvalue weighted by atomic mass is 10.0. The van der Waals surface area contributed by atoms with Crippen LogP contribution in [0.1, 0.15) is 11.1 Å². The van der Waals surface area contributed by atoms with Gasteiger partial charge in [-0.3, -0.25) is 0 Å². The van der Waals surface area contributed by atoms with E-state index in [2.05, 4.69) is 0 Å². The molecule has 0 bridgehead atoms. The van der Waals surface area contributed by atoms with Crippen LogP contribution >= 0.6 is 0 Å². The van der Waals surface area contributed by atoms with Gasteiger partial charge in [0.05, 0.1) is 0 Å². The van der Waals surface area contributed by atoms with Gasteiger partial charge in [0.1, 0.15) is 11.6 Å². The Hall–Kier alpha value is -1.90. The zero-order chi connectivity index (χ0) is 11.5. The number of anilines is 1. The van der Waals surface area contributed by atoms with Crippen molar-refractivity contribution in [3.63, 3.8) is 0 Å². The Labute approximate surface area is 92.5 Å². The first kappa shape index (κ1) is 10.6. The highest BCUT2D eigenvalue weighted by Gasteiger charge is 2.03. The summed E-state index contributed by atoms with van der Waals surface area (Å²) >= 11 is 0. The second-order valence-corrected chi connectivity index (χ2v) is 3.65. The second kappa shape index (κ2) is 4.31. The minimum absolute atomic E-state index is 0.279. The fourth-order valence-electron chi connectivity index (χ4n) is 1.59. The summed E-state index contributed by atoms with van der Waals surface area (Å²) in [4.78, 5) is 0. The average Bonchev–Trinajstić information content (AvgIpc) is 2.22. The van der Waals surface area contributed by atoms with Crippen LogP contribution in [0, 0.1) is 11.6 Å². The molecule has 0 amide bonds. The van der Waals surface area contributed by atoms with Crippen molar-refractivity contribution in [2.45, 2.75) is 6.42 Å². The molecule has 3 heteroatoms. The van der Waals surface area contributed by atoms with Crippen LogP contribution in [0.15, 0.2) is 42.5 Å². The number of benzene rings is 2. The van der Waals surface area contributed by atoms with E-state index in [1.165, 1.54) is 24.3 Å². The first-order valence-electron chi connectivity index (χ1n) is 4.93. The number of rotatable bonds is 2. The zero-order valence-electron chi connectivity index (χ0n) is 8.58. The van der Waals surface area contributed by atoms with Gasteiger partial charge in [0.2, 0.25) is 0 Å². The summed E-state index contributed by atoms with van der Waals surface area (Å²) in [5, 5.41) is 0. The Morgan fingerprint density at radius 2 is 1.69 bits per heavy atom. The lowest BCUT2D eigenvalue weighted by Gasteiger charge is -2.05. The molecule has 0 saturated heterocycles. The molecule has 0 radical (unpaired) electrons. The van der Waals surface area contributed by atoms with E-state index in [0.29, 0.717) is 12.1 Å². The summed E-state index contributed by atoms with van der Waals surface area (Å²) in [7, 11) is 0. The smallest absolute Gasteiger partial charge is 0.125 e. The first-order valence-corrected chi connectivity index (χ1v) is 4.93. The summed E-state index contributed by atoms with van der Waals surface area (Å²) in [6.45, 7) is 0. The minimum atomic E-state index is -0.361. The molecule has 82 valence electrons. The minimum Gasteiger partial charge on any atom is -0.398 e. The topological polar surface area (TPSA) is 26.0 Å². The van der Waals surface area contributed by atoms with E-state index < -0.39 is 0 Å². The third-order valence-corrected chi connectivity index (χ3v) is 2.39. The van der Waals surface area contributed by atoms with Crippen molar-refractivity contribution in [3.8, 4) is 0 Å². The summed E-state index contributed by atoms with van der Waals surface area (Å²) in [5.41, 5.74) is 7.68. The SMILES string of the molecule is Nc1cc(F)ccc1Cc1cccc(F)c1. The van der Waals surface area contributed by atoms with E-state index in [9.17, 15) is 8.78 Å². The largest absolute Gasteiger partial charge is 0.398 e. The number of nitrogen functional groups attached to an aromatic ring is 1. The fourth-order valence-corrected chi connectivity index (χ4v) is 1.59. The molecule has 2 rings (SSSR count). The molecule has 0 heterocycles.